The topological polar surface area (TPSA) is 75.6 Å². The van der Waals surface area contributed by atoms with Gasteiger partial charge >= 0.3 is 12.1 Å². The van der Waals surface area contributed by atoms with Crippen LogP contribution in [0.4, 0.5) is 4.79 Å². The van der Waals surface area contributed by atoms with Gasteiger partial charge in [-0.05, 0) is 32.4 Å². The number of amides is 1. The van der Waals surface area contributed by atoms with E-state index in [1.54, 1.807) is 39.0 Å². The fraction of sp³-hybridized carbons (Fsp3) is 0.429. The van der Waals surface area contributed by atoms with Crippen molar-refractivity contribution in [3.63, 3.8) is 0 Å². The van der Waals surface area contributed by atoms with Crippen LogP contribution in [0.3, 0.4) is 0 Å². The molecule has 0 aliphatic carbocycles. The van der Waals surface area contributed by atoms with Gasteiger partial charge in [0.15, 0.2) is 0 Å². The highest BCUT2D eigenvalue weighted by Gasteiger charge is 2.24. The van der Waals surface area contributed by atoms with Crippen molar-refractivity contribution in [3.8, 4) is 0 Å². The van der Waals surface area contributed by atoms with E-state index in [9.17, 15) is 14.7 Å². The van der Waals surface area contributed by atoms with Crippen LogP contribution >= 0.6 is 12.6 Å². The highest BCUT2D eigenvalue weighted by molar-refractivity contribution is 7.80. The van der Waals surface area contributed by atoms with Crippen LogP contribution in [0.5, 0.6) is 0 Å². The molecule has 0 fully saturated rings. The van der Waals surface area contributed by atoms with Gasteiger partial charge in [-0.1, -0.05) is 18.2 Å². The van der Waals surface area contributed by atoms with Gasteiger partial charge in [-0.15, -0.1) is 12.6 Å². The number of nitrogens with one attached hydrogen (secondary N) is 1. The Morgan fingerprint density at radius 1 is 1.35 bits per heavy atom. The predicted molar refractivity (Wildman–Crippen MR) is 78.2 cm³/mol. The highest BCUT2D eigenvalue weighted by Crippen LogP contribution is 2.15. The lowest BCUT2D eigenvalue weighted by Crippen LogP contribution is -2.44. The molecule has 0 aliphatic rings. The first-order valence-corrected chi connectivity index (χ1v) is 6.63. The average molecular weight is 297 g/mol. The molecule has 5 nitrogen and oxygen atoms in total. The molecule has 20 heavy (non-hydrogen) atoms. The zero-order valence-corrected chi connectivity index (χ0v) is 12.6. The van der Waals surface area contributed by atoms with Gasteiger partial charge in [0.1, 0.15) is 11.6 Å². The summed E-state index contributed by atoms with van der Waals surface area (Å²) in [5, 5.41) is 11.5. The molecule has 2 N–H and O–H groups in total. The Balaban J connectivity index is 2.74. The van der Waals surface area contributed by atoms with E-state index in [1.165, 1.54) is 0 Å². The largest absolute Gasteiger partial charge is 0.480 e. The molecule has 1 atom stereocenters. The molecule has 0 bridgehead atoms. The van der Waals surface area contributed by atoms with Crippen molar-refractivity contribution in [2.45, 2.75) is 43.7 Å². The number of benzene rings is 1. The lowest BCUT2D eigenvalue weighted by atomic mass is 10.1. The molecule has 0 aliphatic heterocycles. The Morgan fingerprint density at radius 3 is 2.45 bits per heavy atom. The maximum absolute atomic E-state index is 11.6. The molecule has 6 heteroatoms. The average Bonchev–Trinajstić information content (AvgIpc) is 2.28. The summed E-state index contributed by atoms with van der Waals surface area (Å²) in [7, 11) is 0. The second-order valence-electron chi connectivity index (χ2n) is 5.37. The SMILES string of the molecule is CC(C)(C)OC(=O)N[C@H](Cc1ccccc1S)C(=O)O. The standard InChI is InChI=1S/C14H19NO4S/c1-14(2,3)19-13(18)15-10(12(16)17)8-9-6-4-5-7-11(9)20/h4-7,10,20H,8H2,1-3H3,(H,15,18)(H,16,17)/t10-/m1/s1. The fourth-order valence-corrected chi connectivity index (χ4v) is 1.81. The van der Waals surface area contributed by atoms with Crippen LogP contribution in [0.2, 0.25) is 0 Å². The summed E-state index contributed by atoms with van der Waals surface area (Å²) in [5.41, 5.74) is 0.0773. The normalized spacial score (nSPS) is 12.6. The van der Waals surface area contributed by atoms with E-state index < -0.39 is 23.7 Å². The number of rotatable bonds is 4. The zero-order chi connectivity index (χ0) is 15.3. The van der Waals surface area contributed by atoms with Crippen LogP contribution in [-0.2, 0) is 16.0 Å². The number of carboxylic acids is 1. The van der Waals surface area contributed by atoms with Crippen molar-refractivity contribution in [1.82, 2.24) is 5.32 Å². The zero-order valence-electron chi connectivity index (χ0n) is 11.7. The lowest BCUT2D eigenvalue weighted by Gasteiger charge is -2.22. The summed E-state index contributed by atoms with van der Waals surface area (Å²) in [4.78, 5) is 23.5. The summed E-state index contributed by atoms with van der Waals surface area (Å²) in [6.07, 6.45) is -0.601. The first kappa shape index (κ1) is 16.4. The minimum absolute atomic E-state index is 0.147. The third-order valence-corrected chi connectivity index (χ3v) is 2.84. The quantitative estimate of drug-likeness (QED) is 0.746. The summed E-state index contributed by atoms with van der Waals surface area (Å²) in [6, 6.07) is 6.09. The minimum atomic E-state index is -1.12. The first-order chi connectivity index (χ1) is 9.19. The van der Waals surface area contributed by atoms with Gasteiger partial charge in [-0.3, -0.25) is 0 Å². The molecule has 0 heterocycles. The molecular formula is C14H19NO4S. The third-order valence-electron chi connectivity index (χ3n) is 2.40. The van der Waals surface area contributed by atoms with Crippen LogP contribution in [0, 0.1) is 0 Å². The summed E-state index contributed by atoms with van der Waals surface area (Å²) in [6.45, 7) is 5.14. The number of hydrogen-bond acceptors (Lipinski definition) is 4. The van der Waals surface area contributed by atoms with Crippen molar-refractivity contribution in [3.05, 3.63) is 29.8 Å². The van der Waals surface area contributed by atoms with Crippen molar-refractivity contribution in [1.29, 1.82) is 0 Å². The molecule has 0 radical (unpaired) electrons. The Labute approximate surface area is 123 Å². The first-order valence-electron chi connectivity index (χ1n) is 6.18. The number of alkyl carbamates (subject to hydrolysis) is 1. The molecule has 0 spiro atoms. The Bertz CT molecular complexity index is 496. The second kappa shape index (κ2) is 6.65. The molecule has 110 valence electrons. The van der Waals surface area contributed by atoms with E-state index in [0.29, 0.717) is 4.90 Å². The number of carbonyl (C=O) groups is 2. The number of thiol groups is 1. The molecule has 0 saturated carbocycles. The predicted octanol–water partition coefficient (Wildman–Crippen LogP) is 2.50. The minimum Gasteiger partial charge on any atom is -0.480 e. The summed E-state index contributed by atoms with van der Waals surface area (Å²) >= 11 is 4.26. The van der Waals surface area contributed by atoms with E-state index in [0.717, 1.165) is 5.56 Å². The van der Waals surface area contributed by atoms with Crippen molar-refractivity contribution in [2.75, 3.05) is 0 Å². The number of ether oxygens (including phenoxy) is 1. The smallest absolute Gasteiger partial charge is 0.408 e. The number of aliphatic carboxylic acids is 1. The molecule has 1 aromatic rings. The van der Waals surface area contributed by atoms with Crippen LogP contribution in [0.15, 0.2) is 29.2 Å². The third kappa shape index (κ3) is 5.52. The van der Waals surface area contributed by atoms with E-state index in [2.05, 4.69) is 17.9 Å². The summed E-state index contributed by atoms with van der Waals surface area (Å²) < 4.78 is 5.05. The van der Waals surface area contributed by atoms with Crippen LogP contribution < -0.4 is 5.32 Å². The van der Waals surface area contributed by atoms with Crippen molar-refractivity contribution in [2.24, 2.45) is 0 Å². The Morgan fingerprint density at radius 2 is 1.95 bits per heavy atom. The second-order valence-corrected chi connectivity index (χ2v) is 5.85. The molecular weight excluding hydrogens is 278 g/mol. The van der Waals surface area contributed by atoms with E-state index in [-0.39, 0.29) is 6.42 Å². The van der Waals surface area contributed by atoms with Gasteiger partial charge in [0.05, 0.1) is 0 Å². The van der Waals surface area contributed by atoms with Gasteiger partial charge in [-0.2, -0.15) is 0 Å². The van der Waals surface area contributed by atoms with Crippen LogP contribution in [0.1, 0.15) is 26.3 Å². The number of hydrogen-bond donors (Lipinski definition) is 3. The molecule has 1 aromatic carbocycles. The van der Waals surface area contributed by atoms with Gasteiger partial charge < -0.3 is 15.2 Å². The van der Waals surface area contributed by atoms with E-state index in [1.807, 2.05) is 6.07 Å². The summed E-state index contributed by atoms with van der Waals surface area (Å²) in [5.74, 6) is -1.12. The van der Waals surface area contributed by atoms with Crippen molar-refractivity contribution >= 4 is 24.7 Å². The maximum Gasteiger partial charge on any atom is 0.408 e. The fourth-order valence-electron chi connectivity index (χ4n) is 1.55. The van der Waals surface area contributed by atoms with Crippen LogP contribution in [0.25, 0.3) is 0 Å². The van der Waals surface area contributed by atoms with Crippen molar-refractivity contribution < 1.29 is 19.4 Å². The Hall–Kier alpha value is -1.69. The molecule has 1 amide bonds. The number of carbonyl (C=O) groups excluding carboxylic acids is 1. The Kier molecular flexibility index (Phi) is 5.44. The van der Waals surface area contributed by atoms with Gasteiger partial charge in [0.25, 0.3) is 0 Å². The van der Waals surface area contributed by atoms with Gasteiger partial charge in [-0.25, -0.2) is 9.59 Å². The molecule has 1 rings (SSSR count). The molecule has 0 aromatic heterocycles. The number of carboxylic acid groups (broad SMARTS) is 1. The van der Waals surface area contributed by atoms with E-state index >= 15 is 0 Å². The van der Waals surface area contributed by atoms with Gasteiger partial charge in [0, 0.05) is 11.3 Å². The monoisotopic (exact) mass is 297 g/mol. The van der Waals surface area contributed by atoms with Crippen LogP contribution in [-0.4, -0.2) is 28.8 Å². The van der Waals surface area contributed by atoms with E-state index in [4.69, 9.17) is 4.74 Å². The highest BCUT2D eigenvalue weighted by atomic mass is 32.1. The maximum atomic E-state index is 11.6. The van der Waals surface area contributed by atoms with Gasteiger partial charge in [0.2, 0.25) is 0 Å². The lowest BCUT2D eigenvalue weighted by molar-refractivity contribution is -0.139. The molecule has 0 unspecified atom stereocenters. The molecule has 0 saturated heterocycles.